The number of aromatic nitrogens is 4. The number of fused-ring (bicyclic) bond motifs is 2. The van der Waals surface area contributed by atoms with E-state index in [9.17, 15) is 14.4 Å². The molecular weight excluding hydrogens is 402 g/mol. The Balaban J connectivity index is 1.56. The molecule has 4 rings (SSSR count). The Labute approximate surface area is 177 Å². The normalized spacial score (nSPS) is 15.9. The van der Waals surface area contributed by atoms with Crippen molar-refractivity contribution in [2.24, 2.45) is 0 Å². The summed E-state index contributed by atoms with van der Waals surface area (Å²) in [4.78, 5) is 41.7. The molecule has 1 N–H and O–H groups in total. The zero-order valence-corrected chi connectivity index (χ0v) is 18.1. The maximum absolute atomic E-state index is 13.1. The number of amides is 1. The van der Waals surface area contributed by atoms with E-state index in [0.29, 0.717) is 33.2 Å². The molecule has 1 atom stereocenters. The van der Waals surface area contributed by atoms with E-state index in [-0.39, 0.29) is 35.3 Å². The van der Waals surface area contributed by atoms with Crippen molar-refractivity contribution in [2.45, 2.75) is 50.9 Å². The van der Waals surface area contributed by atoms with Crippen molar-refractivity contribution in [1.29, 1.82) is 0 Å². The standard InChI is InChI=1S/C21H23N5O3S/c1-12(27)13-5-7-14(8-6-13)23-17(28)9-15-11-30-20-24-18-16(19(29)25(15)20)10-22-26(18)21(2,3)4/h5-8,10,15H,9,11H2,1-4H3,(H,23,28). The van der Waals surface area contributed by atoms with E-state index in [1.807, 2.05) is 20.8 Å². The van der Waals surface area contributed by atoms with Crippen molar-refractivity contribution < 1.29 is 9.59 Å². The van der Waals surface area contributed by atoms with E-state index in [1.54, 1.807) is 39.7 Å². The Morgan fingerprint density at radius 1 is 1.23 bits per heavy atom. The molecule has 0 spiro atoms. The van der Waals surface area contributed by atoms with Crippen LogP contribution in [-0.4, -0.2) is 36.8 Å². The number of nitrogens with one attached hydrogen (secondary N) is 1. The molecule has 0 radical (unpaired) electrons. The van der Waals surface area contributed by atoms with Crippen molar-refractivity contribution in [3.05, 3.63) is 46.4 Å². The first kappa shape index (κ1) is 20.3. The number of carbonyl (C=O) groups excluding carboxylic acids is 2. The van der Waals surface area contributed by atoms with Crippen LogP contribution < -0.4 is 10.9 Å². The molecular formula is C21H23N5O3S. The van der Waals surface area contributed by atoms with Crippen LogP contribution in [0.3, 0.4) is 0 Å². The van der Waals surface area contributed by atoms with Crippen molar-refractivity contribution in [3.63, 3.8) is 0 Å². The molecule has 2 aromatic heterocycles. The minimum Gasteiger partial charge on any atom is -0.326 e. The van der Waals surface area contributed by atoms with Crippen molar-refractivity contribution >= 4 is 40.2 Å². The number of Topliss-reactive ketones (excluding diaryl/α,β-unsaturated/α-hetero) is 1. The molecule has 8 nitrogen and oxygen atoms in total. The van der Waals surface area contributed by atoms with Crippen molar-refractivity contribution in [1.82, 2.24) is 19.3 Å². The van der Waals surface area contributed by atoms with Gasteiger partial charge >= 0.3 is 0 Å². The highest BCUT2D eigenvalue weighted by Crippen LogP contribution is 2.34. The van der Waals surface area contributed by atoms with E-state index in [0.717, 1.165) is 0 Å². The molecule has 3 aromatic rings. The average molecular weight is 426 g/mol. The molecule has 0 fully saturated rings. The van der Waals surface area contributed by atoms with Gasteiger partial charge in [-0.05, 0) is 52.0 Å². The molecule has 3 heterocycles. The third-order valence-electron chi connectivity index (χ3n) is 5.00. The van der Waals surface area contributed by atoms with E-state index in [1.165, 1.54) is 18.7 Å². The zero-order valence-electron chi connectivity index (χ0n) is 17.3. The van der Waals surface area contributed by atoms with Crippen LogP contribution >= 0.6 is 11.8 Å². The number of carbonyl (C=O) groups is 2. The molecule has 0 saturated heterocycles. The van der Waals surface area contributed by atoms with Crippen LogP contribution in [-0.2, 0) is 10.3 Å². The second-order valence-electron chi connectivity index (χ2n) is 8.38. The van der Waals surface area contributed by atoms with Crippen LogP contribution in [0.15, 0.2) is 40.4 Å². The Kier molecular flexibility index (Phi) is 5.01. The van der Waals surface area contributed by atoms with Gasteiger partial charge in [0.05, 0.1) is 17.8 Å². The summed E-state index contributed by atoms with van der Waals surface area (Å²) in [7, 11) is 0. The highest BCUT2D eigenvalue weighted by Gasteiger charge is 2.30. The first-order valence-electron chi connectivity index (χ1n) is 9.69. The van der Waals surface area contributed by atoms with Gasteiger partial charge in [-0.15, -0.1) is 0 Å². The number of hydrogen-bond acceptors (Lipinski definition) is 6. The first-order valence-corrected chi connectivity index (χ1v) is 10.7. The summed E-state index contributed by atoms with van der Waals surface area (Å²) >= 11 is 1.47. The lowest BCUT2D eigenvalue weighted by atomic mass is 10.1. The molecule has 156 valence electrons. The van der Waals surface area contributed by atoms with Crippen molar-refractivity contribution in [3.8, 4) is 0 Å². The van der Waals surface area contributed by atoms with Gasteiger partial charge in [-0.2, -0.15) is 5.10 Å². The maximum atomic E-state index is 13.1. The van der Waals surface area contributed by atoms with Gasteiger partial charge in [0.2, 0.25) is 5.91 Å². The summed E-state index contributed by atoms with van der Waals surface area (Å²) in [6.45, 7) is 7.52. The Morgan fingerprint density at radius 3 is 2.57 bits per heavy atom. The van der Waals surface area contributed by atoms with Crippen LogP contribution in [0.4, 0.5) is 5.69 Å². The molecule has 0 aliphatic carbocycles. The van der Waals surface area contributed by atoms with Gasteiger partial charge in [-0.25, -0.2) is 9.67 Å². The van der Waals surface area contributed by atoms with Crippen molar-refractivity contribution in [2.75, 3.05) is 11.1 Å². The second-order valence-corrected chi connectivity index (χ2v) is 9.37. The predicted octanol–water partition coefficient (Wildman–Crippen LogP) is 3.23. The lowest BCUT2D eigenvalue weighted by Gasteiger charge is -2.20. The number of nitrogens with zero attached hydrogens (tertiary/aromatic N) is 4. The predicted molar refractivity (Wildman–Crippen MR) is 116 cm³/mol. The molecule has 0 bridgehead atoms. The van der Waals surface area contributed by atoms with E-state index in [4.69, 9.17) is 0 Å². The first-order chi connectivity index (χ1) is 14.1. The highest BCUT2D eigenvalue weighted by molar-refractivity contribution is 7.99. The Hall–Kier alpha value is -2.94. The third kappa shape index (κ3) is 3.65. The second kappa shape index (κ2) is 7.39. The number of anilines is 1. The molecule has 0 saturated carbocycles. The van der Waals surface area contributed by atoms with Gasteiger partial charge in [-0.3, -0.25) is 19.0 Å². The zero-order chi connectivity index (χ0) is 21.6. The van der Waals surface area contributed by atoms with Gasteiger partial charge in [0.25, 0.3) is 5.56 Å². The summed E-state index contributed by atoms with van der Waals surface area (Å²) in [6, 6.07) is 6.48. The van der Waals surface area contributed by atoms with Gasteiger partial charge in [0.1, 0.15) is 5.39 Å². The number of ketones is 1. The largest absolute Gasteiger partial charge is 0.326 e. The maximum Gasteiger partial charge on any atom is 0.265 e. The Bertz CT molecular complexity index is 1200. The number of hydrogen-bond donors (Lipinski definition) is 1. The molecule has 1 unspecified atom stereocenters. The topological polar surface area (TPSA) is 98.9 Å². The van der Waals surface area contributed by atoms with Gasteiger partial charge < -0.3 is 5.32 Å². The lowest BCUT2D eigenvalue weighted by molar-refractivity contribution is -0.116. The van der Waals surface area contributed by atoms with Crippen LogP contribution in [0, 0.1) is 0 Å². The molecule has 1 aliphatic rings. The van der Waals surface area contributed by atoms with Crippen LogP contribution in [0.5, 0.6) is 0 Å². The Morgan fingerprint density at radius 2 is 1.93 bits per heavy atom. The fourth-order valence-corrected chi connectivity index (χ4v) is 4.62. The highest BCUT2D eigenvalue weighted by atomic mass is 32.2. The third-order valence-corrected chi connectivity index (χ3v) is 6.10. The molecule has 1 aromatic carbocycles. The number of rotatable bonds is 4. The summed E-state index contributed by atoms with van der Waals surface area (Å²) < 4.78 is 3.37. The lowest BCUT2D eigenvalue weighted by Crippen LogP contribution is -2.29. The van der Waals surface area contributed by atoms with Gasteiger partial charge in [-0.1, -0.05) is 11.8 Å². The molecule has 1 aliphatic heterocycles. The number of thioether (sulfide) groups is 1. The molecule has 1 amide bonds. The minimum absolute atomic E-state index is 0.0274. The van der Waals surface area contributed by atoms with Gasteiger partial charge in [0.15, 0.2) is 16.6 Å². The van der Waals surface area contributed by atoms with E-state index < -0.39 is 0 Å². The summed E-state index contributed by atoms with van der Waals surface area (Å²) in [5.41, 5.74) is 1.32. The summed E-state index contributed by atoms with van der Waals surface area (Å²) in [5.74, 6) is 0.385. The van der Waals surface area contributed by atoms with Crippen LogP contribution in [0.2, 0.25) is 0 Å². The van der Waals surface area contributed by atoms with Gasteiger partial charge in [0, 0.05) is 23.4 Å². The molecule has 30 heavy (non-hydrogen) atoms. The summed E-state index contributed by atoms with van der Waals surface area (Å²) in [6.07, 6.45) is 1.72. The summed E-state index contributed by atoms with van der Waals surface area (Å²) in [5, 5.41) is 8.26. The number of benzene rings is 1. The SMILES string of the molecule is CC(=O)c1ccc(NC(=O)CC2CSc3nc4c(cnn4C(C)(C)C)c(=O)n32)cc1. The van der Waals surface area contributed by atoms with Crippen LogP contribution in [0.25, 0.3) is 11.0 Å². The van der Waals surface area contributed by atoms with E-state index >= 15 is 0 Å². The average Bonchev–Trinajstić information content (AvgIpc) is 3.27. The fourth-order valence-electron chi connectivity index (χ4n) is 3.49. The monoisotopic (exact) mass is 425 g/mol. The fraction of sp³-hybridized carbons (Fsp3) is 0.381. The minimum atomic E-state index is -0.291. The quantitative estimate of drug-likeness (QED) is 0.509. The van der Waals surface area contributed by atoms with E-state index in [2.05, 4.69) is 15.4 Å². The van der Waals surface area contributed by atoms with Crippen LogP contribution in [0.1, 0.15) is 50.5 Å². The molecule has 9 heteroatoms. The smallest absolute Gasteiger partial charge is 0.265 e.